The van der Waals surface area contributed by atoms with Gasteiger partial charge in [0.25, 0.3) is 0 Å². The molecule has 1 aromatic rings. The lowest BCUT2D eigenvalue weighted by Crippen LogP contribution is -2.15. The zero-order chi connectivity index (χ0) is 16.0. The van der Waals surface area contributed by atoms with E-state index in [0.29, 0.717) is 22.8 Å². The van der Waals surface area contributed by atoms with Crippen LogP contribution in [0.5, 0.6) is 17.2 Å². The lowest BCUT2D eigenvalue weighted by molar-refractivity contribution is -0.483. The molecule has 0 heterocycles. The van der Waals surface area contributed by atoms with Crippen LogP contribution in [0.4, 0.5) is 0 Å². The molecule has 21 heavy (non-hydrogen) atoms. The largest absolute Gasteiger partial charge is 0.493 e. The Balaban J connectivity index is 3.29. The van der Waals surface area contributed by atoms with Crippen molar-refractivity contribution in [2.24, 2.45) is 0 Å². The van der Waals surface area contributed by atoms with Gasteiger partial charge in [0.15, 0.2) is 11.5 Å². The third-order valence-corrected chi connectivity index (χ3v) is 3.06. The molecule has 0 N–H and O–H groups in total. The molecule has 7 heteroatoms. The van der Waals surface area contributed by atoms with Crippen molar-refractivity contribution in [3.63, 3.8) is 0 Å². The maximum Gasteiger partial charge on any atom is 0.211 e. The Labute approximate surface area is 123 Å². The smallest absolute Gasteiger partial charge is 0.211 e. The van der Waals surface area contributed by atoms with E-state index < -0.39 is 10.8 Å². The van der Waals surface area contributed by atoms with Crippen molar-refractivity contribution in [1.82, 2.24) is 0 Å². The van der Waals surface area contributed by atoms with E-state index in [4.69, 9.17) is 14.2 Å². The van der Waals surface area contributed by atoms with Crippen LogP contribution >= 0.6 is 0 Å². The van der Waals surface area contributed by atoms with Crippen molar-refractivity contribution in [3.05, 3.63) is 27.8 Å². The second kappa shape index (κ2) is 7.47. The second-order valence-electron chi connectivity index (χ2n) is 4.58. The normalized spacial score (nSPS) is 11.6. The SMILES string of the molecule is COc1cc([C@H](CC(C)=O)C[N+](=O)[O-])cc(OC)c1OC. The summed E-state index contributed by atoms with van der Waals surface area (Å²) >= 11 is 0. The molecule has 0 bridgehead atoms. The van der Waals surface area contributed by atoms with Gasteiger partial charge in [0, 0.05) is 11.3 Å². The summed E-state index contributed by atoms with van der Waals surface area (Å²) in [5.74, 6) is 0.570. The Morgan fingerprint density at radius 2 is 1.71 bits per heavy atom. The Bertz CT molecular complexity index is 487. The van der Waals surface area contributed by atoms with E-state index >= 15 is 0 Å². The Hall–Kier alpha value is -2.31. The van der Waals surface area contributed by atoms with Gasteiger partial charge in [-0.3, -0.25) is 10.1 Å². The molecule has 0 aliphatic heterocycles. The zero-order valence-electron chi connectivity index (χ0n) is 12.5. The molecule has 0 amide bonds. The van der Waals surface area contributed by atoms with E-state index in [0.717, 1.165) is 0 Å². The molecule has 1 atom stereocenters. The molecule has 1 rings (SSSR count). The first-order valence-corrected chi connectivity index (χ1v) is 6.34. The standard InChI is InChI=1S/C14H19NO6/c1-9(16)5-11(8-15(17)18)10-6-12(19-2)14(21-4)13(7-10)20-3/h6-7,11H,5,8H2,1-4H3/t11-/m1/s1. The fourth-order valence-electron chi connectivity index (χ4n) is 2.15. The summed E-state index contributed by atoms with van der Waals surface area (Å²) in [4.78, 5) is 21.7. The van der Waals surface area contributed by atoms with Gasteiger partial charge >= 0.3 is 0 Å². The Morgan fingerprint density at radius 3 is 2.05 bits per heavy atom. The van der Waals surface area contributed by atoms with Crippen molar-refractivity contribution in [1.29, 1.82) is 0 Å². The monoisotopic (exact) mass is 297 g/mol. The summed E-state index contributed by atoms with van der Waals surface area (Å²) in [5, 5.41) is 10.8. The van der Waals surface area contributed by atoms with Crippen molar-refractivity contribution < 1.29 is 23.9 Å². The highest BCUT2D eigenvalue weighted by molar-refractivity contribution is 5.76. The number of hydrogen-bond acceptors (Lipinski definition) is 6. The first-order chi connectivity index (χ1) is 9.92. The molecule has 7 nitrogen and oxygen atoms in total. The number of nitrogens with zero attached hydrogens (tertiary/aromatic N) is 1. The van der Waals surface area contributed by atoms with Gasteiger partial charge in [0.05, 0.1) is 27.2 Å². The van der Waals surface area contributed by atoms with Gasteiger partial charge in [-0.15, -0.1) is 0 Å². The van der Waals surface area contributed by atoms with Gasteiger partial charge in [-0.05, 0) is 24.6 Å². The maximum absolute atomic E-state index is 11.3. The highest BCUT2D eigenvalue weighted by atomic mass is 16.6. The number of carbonyl (C=O) groups is 1. The average molecular weight is 297 g/mol. The van der Waals surface area contributed by atoms with Crippen LogP contribution in [0.15, 0.2) is 12.1 Å². The van der Waals surface area contributed by atoms with E-state index in [1.165, 1.54) is 28.3 Å². The molecular weight excluding hydrogens is 278 g/mol. The van der Waals surface area contributed by atoms with E-state index in [2.05, 4.69) is 0 Å². The van der Waals surface area contributed by atoms with Crippen LogP contribution in [0, 0.1) is 10.1 Å². The summed E-state index contributed by atoms with van der Waals surface area (Å²) < 4.78 is 15.6. The predicted octanol–water partition coefficient (Wildman–Crippen LogP) is 2.05. The van der Waals surface area contributed by atoms with Crippen LogP contribution in [0.2, 0.25) is 0 Å². The van der Waals surface area contributed by atoms with Crippen LogP contribution in [0.25, 0.3) is 0 Å². The van der Waals surface area contributed by atoms with E-state index in [-0.39, 0.29) is 18.7 Å². The van der Waals surface area contributed by atoms with Gasteiger partial charge in [0.2, 0.25) is 12.3 Å². The summed E-state index contributed by atoms with van der Waals surface area (Å²) in [6.07, 6.45) is 0.0830. The van der Waals surface area contributed by atoms with Crippen LogP contribution < -0.4 is 14.2 Å². The number of nitro groups is 1. The number of Topliss-reactive ketones (excluding diaryl/α,β-unsaturated/α-hetero) is 1. The van der Waals surface area contributed by atoms with Crippen LogP contribution in [0.3, 0.4) is 0 Å². The molecular formula is C14H19NO6. The number of ketones is 1. The molecule has 0 fully saturated rings. The van der Waals surface area contributed by atoms with Crippen LogP contribution in [-0.2, 0) is 4.79 Å². The number of carbonyl (C=O) groups excluding carboxylic acids is 1. The average Bonchev–Trinajstić information content (AvgIpc) is 2.43. The van der Waals surface area contributed by atoms with Crippen LogP contribution in [0.1, 0.15) is 24.8 Å². The number of hydrogen-bond donors (Lipinski definition) is 0. The molecule has 0 saturated heterocycles. The fourth-order valence-corrected chi connectivity index (χ4v) is 2.15. The zero-order valence-corrected chi connectivity index (χ0v) is 12.5. The molecule has 0 aliphatic rings. The summed E-state index contributed by atoms with van der Waals surface area (Å²) in [7, 11) is 4.41. The number of methoxy groups -OCH3 is 3. The van der Waals surface area contributed by atoms with Crippen molar-refractivity contribution in [2.75, 3.05) is 27.9 Å². The van der Waals surface area contributed by atoms with E-state index in [1.807, 2.05) is 0 Å². The summed E-state index contributed by atoms with van der Waals surface area (Å²) in [6.45, 7) is 1.07. The highest BCUT2D eigenvalue weighted by Gasteiger charge is 2.23. The van der Waals surface area contributed by atoms with Gasteiger partial charge < -0.3 is 19.0 Å². The highest BCUT2D eigenvalue weighted by Crippen LogP contribution is 2.40. The topological polar surface area (TPSA) is 87.9 Å². The number of ether oxygens (including phenoxy) is 3. The quantitative estimate of drug-likeness (QED) is 0.539. The van der Waals surface area contributed by atoms with Crippen molar-refractivity contribution >= 4 is 5.78 Å². The molecule has 0 radical (unpaired) electrons. The summed E-state index contributed by atoms with van der Waals surface area (Å²) in [6, 6.07) is 3.27. The minimum absolute atomic E-state index is 0.0830. The van der Waals surface area contributed by atoms with Gasteiger partial charge in [0.1, 0.15) is 5.78 Å². The molecule has 0 saturated carbocycles. The molecule has 1 aromatic carbocycles. The molecule has 0 spiro atoms. The molecule has 0 unspecified atom stereocenters. The number of rotatable bonds is 8. The lowest BCUT2D eigenvalue weighted by Gasteiger charge is -2.17. The van der Waals surface area contributed by atoms with Crippen molar-refractivity contribution in [2.45, 2.75) is 19.3 Å². The molecule has 0 aliphatic carbocycles. The maximum atomic E-state index is 11.3. The van der Waals surface area contributed by atoms with Gasteiger partial charge in [-0.1, -0.05) is 0 Å². The van der Waals surface area contributed by atoms with Crippen LogP contribution in [-0.4, -0.2) is 38.6 Å². The second-order valence-corrected chi connectivity index (χ2v) is 4.58. The third kappa shape index (κ3) is 4.34. The minimum atomic E-state index is -0.536. The fraction of sp³-hybridized carbons (Fsp3) is 0.500. The third-order valence-electron chi connectivity index (χ3n) is 3.06. The lowest BCUT2D eigenvalue weighted by atomic mass is 9.93. The van der Waals surface area contributed by atoms with E-state index in [1.54, 1.807) is 12.1 Å². The number of benzene rings is 1. The Morgan fingerprint density at radius 1 is 1.19 bits per heavy atom. The van der Waals surface area contributed by atoms with Gasteiger partial charge in [-0.2, -0.15) is 0 Å². The first kappa shape index (κ1) is 16.7. The summed E-state index contributed by atoms with van der Waals surface area (Å²) in [5.41, 5.74) is 0.608. The molecule has 0 aromatic heterocycles. The minimum Gasteiger partial charge on any atom is -0.493 e. The van der Waals surface area contributed by atoms with Crippen molar-refractivity contribution in [3.8, 4) is 17.2 Å². The molecule has 116 valence electrons. The first-order valence-electron chi connectivity index (χ1n) is 6.34. The predicted molar refractivity (Wildman–Crippen MR) is 76.0 cm³/mol. The van der Waals surface area contributed by atoms with E-state index in [9.17, 15) is 14.9 Å². The van der Waals surface area contributed by atoms with Gasteiger partial charge in [-0.25, -0.2) is 0 Å². The Kier molecular flexibility index (Phi) is 5.95.